The zero-order chi connectivity index (χ0) is 27.7. The molecule has 0 saturated carbocycles. The number of alkyl carbamates (subject to hydrolysis) is 1. The van der Waals surface area contributed by atoms with Crippen molar-refractivity contribution in [3.05, 3.63) is 65.5 Å². The Bertz CT molecular complexity index is 1510. The van der Waals surface area contributed by atoms with Gasteiger partial charge in [0, 0.05) is 17.7 Å². The molecule has 3 heterocycles. The van der Waals surface area contributed by atoms with E-state index in [1.807, 2.05) is 49.1 Å². The number of benzene rings is 2. The second-order valence-electron chi connectivity index (χ2n) is 10.5. The lowest BCUT2D eigenvalue weighted by Crippen LogP contribution is -2.51. The van der Waals surface area contributed by atoms with Crippen LogP contribution in [0.4, 0.5) is 4.79 Å². The summed E-state index contributed by atoms with van der Waals surface area (Å²) in [7, 11) is 1.29. The normalized spacial score (nSPS) is 16.1. The van der Waals surface area contributed by atoms with E-state index in [1.54, 1.807) is 0 Å². The van der Waals surface area contributed by atoms with E-state index in [0.717, 1.165) is 52.2 Å². The number of amides is 2. The van der Waals surface area contributed by atoms with Crippen molar-refractivity contribution in [1.82, 2.24) is 30.4 Å². The van der Waals surface area contributed by atoms with Crippen molar-refractivity contribution in [2.75, 3.05) is 13.7 Å². The summed E-state index contributed by atoms with van der Waals surface area (Å²) in [5, 5.41) is 11.7. The van der Waals surface area contributed by atoms with Crippen molar-refractivity contribution in [3.8, 4) is 22.5 Å². The molecule has 2 atom stereocenters. The number of carbonyl (C=O) groups is 2. The summed E-state index contributed by atoms with van der Waals surface area (Å²) >= 11 is 0. The van der Waals surface area contributed by atoms with Gasteiger partial charge in [-0.3, -0.25) is 4.79 Å². The minimum atomic E-state index is -0.667. The van der Waals surface area contributed by atoms with Crippen LogP contribution in [-0.4, -0.2) is 56.8 Å². The highest BCUT2D eigenvalue weighted by Gasteiger charge is 2.37. The maximum atomic E-state index is 13.4. The topological polar surface area (TPSA) is 113 Å². The molecular weight excluding hydrogens is 492 g/mol. The number of aromatic nitrogens is 4. The molecule has 2 amide bonds. The quantitative estimate of drug-likeness (QED) is 0.350. The first-order chi connectivity index (χ1) is 18.7. The third kappa shape index (κ3) is 5.34. The van der Waals surface area contributed by atoms with Crippen molar-refractivity contribution in [2.45, 2.75) is 52.6 Å². The lowest BCUT2D eigenvalue weighted by molar-refractivity contribution is -0.135. The number of H-pyrrole nitrogens is 1. The number of methoxy groups -OCH3 is 1. The zero-order valence-corrected chi connectivity index (χ0v) is 23.0. The second kappa shape index (κ2) is 10.8. The SMILES string of the molecule is COC(=O)NC(C(=O)N1CCCC1c1nc2ccc(-c3ccc(-c4ccc(C)c(C)c4)nn3)cc2[nH]1)C(C)C. The Hall–Kier alpha value is -4.27. The summed E-state index contributed by atoms with van der Waals surface area (Å²) < 4.78 is 4.73. The van der Waals surface area contributed by atoms with Gasteiger partial charge in [-0.2, -0.15) is 0 Å². The van der Waals surface area contributed by atoms with Crippen LogP contribution >= 0.6 is 0 Å². The van der Waals surface area contributed by atoms with E-state index in [1.165, 1.54) is 18.2 Å². The molecule has 1 saturated heterocycles. The molecule has 1 aliphatic rings. The van der Waals surface area contributed by atoms with Crippen molar-refractivity contribution in [3.63, 3.8) is 0 Å². The number of imidazole rings is 1. The standard InChI is InChI=1S/C30H34N6O3/c1-17(2)27(33-30(38)39-5)29(37)36-14-6-7-26(36)28-31-24-11-10-21(16-25(24)32-28)23-13-12-22(34-35-23)20-9-8-18(3)19(4)15-20/h8-13,15-17,26-27H,6-7,14H2,1-5H3,(H,31,32)(H,33,38). The van der Waals surface area contributed by atoms with Gasteiger partial charge < -0.3 is 19.9 Å². The molecule has 1 fully saturated rings. The van der Waals surface area contributed by atoms with Gasteiger partial charge in [0.25, 0.3) is 0 Å². The predicted octanol–water partition coefficient (Wildman–Crippen LogP) is 5.35. The number of carbonyl (C=O) groups excluding carboxylic acids is 2. The first-order valence-corrected chi connectivity index (χ1v) is 13.3. The highest BCUT2D eigenvalue weighted by atomic mass is 16.5. The Morgan fingerprint density at radius 2 is 1.69 bits per heavy atom. The molecule has 0 bridgehead atoms. The monoisotopic (exact) mass is 526 g/mol. The van der Waals surface area contributed by atoms with Gasteiger partial charge in [0.1, 0.15) is 11.9 Å². The molecule has 39 heavy (non-hydrogen) atoms. The minimum Gasteiger partial charge on any atom is -0.453 e. The fourth-order valence-electron chi connectivity index (χ4n) is 5.08. The number of ether oxygens (including phenoxy) is 1. The van der Waals surface area contributed by atoms with Crippen LogP contribution in [0.1, 0.15) is 49.7 Å². The molecule has 2 aromatic heterocycles. The summed E-state index contributed by atoms with van der Waals surface area (Å²) in [5.41, 5.74) is 7.74. The van der Waals surface area contributed by atoms with Crippen LogP contribution < -0.4 is 5.32 Å². The van der Waals surface area contributed by atoms with Crippen LogP contribution in [0.3, 0.4) is 0 Å². The van der Waals surface area contributed by atoms with E-state index >= 15 is 0 Å². The van der Waals surface area contributed by atoms with Crippen molar-refractivity contribution >= 4 is 23.0 Å². The second-order valence-corrected chi connectivity index (χ2v) is 10.5. The van der Waals surface area contributed by atoms with Crippen LogP contribution in [-0.2, 0) is 9.53 Å². The van der Waals surface area contributed by atoms with Gasteiger partial charge in [-0.1, -0.05) is 32.0 Å². The van der Waals surface area contributed by atoms with E-state index in [4.69, 9.17) is 9.72 Å². The number of nitrogens with zero attached hydrogens (tertiary/aromatic N) is 4. The molecule has 0 radical (unpaired) electrons. The lowest BCUT2D eigenvalue weighted by Gasteiger charge is -2.29. The summed E-state index contributed by atoms with van der Waals surface area (Å²) in [6.45, 7) is 8.61. The van der Waals surface area contributed by atoms with Crippen LogP contribution in [0.2, 0.25) is 0 Å². The summed E-state index contributed by atoms with van der Waals surface area (Å²) in [6.07, 6.45) is 1.05. The van der Waals surface area contributed by atoms with E-state index in [0.29, 0.717) is 6.54 Å². The molecule has 2 aromatic carbocycles. The molecule has 9 heteroatoms. The summed E-state index contributed by atoms with van der Waals surface area (Å²) in [5.74, 6) is 0.529. The van der Waals surface area contributed by atoms with Crippen LogP contribution in [0.5, 0.6) is 0 Å². The van der Waals surface area contributed by atoms with Gasteiger partial charge in [-0.15, -0.1) is 10.2 Å². The number of rotatable bonds is 6. The molecule has 0 aliphatic carbocycles. The highest BCUT2D eigenvalue weighted by Crippen LogP contribution is 2.33. The minimum absolute atomic E-state index is 0.0846. The number of fused-ring (bicyclic) bond motifs is 1. The molecular formula is C30H34N6O3. The van der Waals surface area contributed by atoms with E-state index < -0.39 is 12.1 Å². The van der Waals surface area contributed by atoms with E-state index in [-0.39, 0.29) is 17.9 Å². The first kappa shape index (κ1) is 26.3. The lowest BCUT2D eigenvalue weighted by atomic mass is 10.0. The fraction of sp³-hybridized carbons (Fsp3) is 0.367. The average Bonchev–Trinajstić information content (AvgIpc) is 3.59. The molecule has 0 spiro atoms. The maximum absolute atomic E-state index is 13.4. The van der Waals surface area contributed by atoms with Crippen molar-refractivity contribution in [1.29, 1.82) is 0 Å². The molecule has 9 nitrogen and oxygen atoms in total. The molecule has 202 valence electrons. The first-order valence-electron chi connectivity index (χ1n) is 13.3. The van der Waals surface area contributed by atoms with Crippen molar-refractivity contribution in [2.24, 2.45) is 5.92 Å². The number of aryl methyl sites for hydroxylation is 2. The van der Waals surface area contributed by atoms with Crippen LogP contribution in [0.15, 0.2) is 48.5 Å². The third-order valence-corrected chi connectivity index (χ3v) is 7.51. The summed E-state index contributed by atoms with van der Waals surface area (Å²) in [6, 6.07) is 15.4. The van der Waals surface area contributed by atoms with E-state index in [2.05, 4.69) is 52.5 Å². The van der Waals surface area contributed by atoms with Gasteiger partial charge in [0.2, 0.25) is 5.91 Å². The molecule has 2 unspecified atom stereocenters. The van der Waals surface area contributed by atoms with Gasteiger partial charge in [-0.25, -0.2) is 9.78 Å². The Morgan fingerprint density at radius 3 is 2.33 bits per heavy atom. The molecule has 4 aromatic rings. The number of likely N-dealkylation sites (tertiary alicyclic amines) is 1. The van der Waals surface area contributed by atoms with Gasteiger partial charge >= 0.3 is 6.09 Å². The smallest absolute Gasteiger partial charge is 0.407 e. The summed E-state index contributed by atoms with van der Waals surface area (Å²) in [4.78, 5) is 35.4. The zero-order valence-electron chi connectivity index (χ0n) is 23.0. The number of aromatic amines is 1. The van der Waals surface area contributed by atoms with E-state index in [9.17, 15) is 9.59 Å². The molecule has 2 N–H and O–H groups in total. The van der Waals surface area contributed by atoms with Crippen LogP contribution in [0, 0.1) is 19.8 Å². The highest BCUT2D eigenvalue weighted by molar-refractivity contribution is 5.87. The Morgan fingerprint density at radius 1 is 1.00 bits per heavy atom. The maximum Gasteiger partial charge on any atom is 0.407 e. The Labute approximate surface area is 228 Å². The molecule has 5 rings (SSSR count). The number of hydrogen-bond acceptors (Lipinski definition) is 6. The van der Waals surface area contributed by atoms with Gasteiger partial charge in [-0.05, 0) is 74.1 Å². The van der Waals surface area contributed by atoms with Crippen molar-refractivity contribution < 1.29 is 14.3 Å². The fourth-order valence-corrected chi connectivity index (χ4v) is 5.08. The average molecular weight is 527 g/mol. The predicted molar refractivity (Wildman–Crippen MR) is 150 cm³/mol. The third-order valence-electron chi connectivity index (χ3n) is 7.51. The van der Waals surface area contributed by atoms with Gasteiger partial charge in [0.15, 0.2) is 0 Å². The molecule has 1 aliphatic heterocycles. The largest absolute Gasteiger partial charge is 0.453 e. The van der Waals surface area contributed by atoms with Crippen LogP contribution in [0.25, 0.3) is 33.5 Å². The van der Waals surface area contributed by atoms with Gasteiger partial charge in [0.05, 0.1) is 35.6 Å². The number of nitrogens with one attached hydrogen (secondary N) is 2. The number of hydrogen-bond donors (Lipinski definition) is 2. The Balaban J connectivity index is 1.38. The Kier molecular flexibility index (Phi) is 7.32.